The predicted molar refractivity (Wildman–Crippen MR) is 152 cm³/mol. The summed E-state index contributed by atoms with van der Waals surface area (Å²) >= 11 is 0. The van der Waals surface area contributed by atoms with Gasteiger partial charge in [-0.3, -0.25) is 14.5 Å². The number of benzene rings is 3. The highest BCUT2D eigenvalue weighted by molar-refractivity contribution is 6.51. The number of hydrogen-bond donors (Lipinski definition) is 1. The zero-order valence-electron chi connectivity index (χ0n) is 23.1. The van der Waals surface area contributed by atoms with E-state index in [1.165, 1.54) is 4.90 Å². The molecule has 0 aromatic heterocycles. The maximum Gasteiger partial charge on any atom is 0.300 e. The van der Waals surface area contributed by atoms with E-state index < -0.39 is 17.7 Å². The number of ketones is 1. The number of aryl methyl sites for hydroxylation is 2. The van der Waals surface area contributed by atoms with E-state index in [1.54, 1.807) is 36.4 Å². The molecule has 1 heterocycles. The van der Waals surface area contributed by atoms with Crippen LogP contribution in [0.5, 0.6) is 17.2 Å². The van der Waals surface area contributed by atoms with Crippen molar-refractivity contribution in [1.82, 2.24) is 0 Å². The number of carbonyl (C=O) groups excluding carboxylic acids is 2. The second-order valence-corrected chi connectivity index (χ2v) is 9.41. The van der Waals surface area contributed by atoms with Crippen LogP contribution in [-0.4, -0.2) is 36.6 Å². The SMILES string of the molecule is CCCOc1ccc(/C(O)=C2\C(=O)C(=O)N(c3ccc(OCC)c(OCC)c3)C2c2cccc(C)c2)cc1C. The van der Waals surface area contributed by atoms with Crippen molar-refractivity contribution < 1.29 is 28.9 Å². The highest BCUT2D eigenvalue weighted by Crippen LogP contribution is 2.44. The molecule has 1 N–H and O–H groups in total. The average molecular weight is 530 g/mol. The fourth-order valence-corrected chi connectivity index (χ4v) is 4.77. The molecule has 7 heteroatoms. The minimum Gasteiger partial charge on any atom is -0.507 e. The van der Waals surface area contributed by atoms with Gasteiger partial charge in [0.25, 0.3) is 11.7 Å². The van der Waals surface area contributed by atoms with E-state index in [0.717, 1.165) is 17.5 Å². The minimum absolute atomic E-state index is 0.0269. The maximum absolute atomic E-state index is 13.6. The molecule has 0 aliphatic carbocycles. The molecule has 1 aliphatic heterocycles. The van der Waals surface area contributed by atoms with Gasteiger partial charge in [-0.2, -0.15) is 0 Å². The number of amides is 1. The van der Waals surface area contributed by atoms with Gasteiger partial charge in [-0.25, -0.2) is 0 Å². The van der Waals surface area contributed by atoms with Crippen molar-refractivity contribution in [3.05, 3.63) is 88.5 Å². The third-order valence-corrected chi connectivity index (χ3v) is 6.52. The first-order valence-electron chi connectivity index (χ1n) is 13.3. The number of hydrogen-bond acceptors (Lipinski definition) is 6. The molecule has 4 rings (SSSR count). The van der Waals surface area contributed by atoms with Gasteiger partial charge in [0.05, 0.1) is 31.4 Å². The fourth-order valence-electron chi connectivity index (χ4n) is 4.77. The summed E-state index contributed by atoms with van der Waals surface area (Å²) in [5.41, 5.74) is 3.43. The van der Waals surface area contributed by atoms with Crippen LogP contribution in [0, 0.1) is 13.8 Å². The summed E-state index contributed by atoms with van der Waals surface area (Å²) < 4.78 is 17.2. The van der Waals surface area contributed by atoms with Crippen LogP contribution >= 0.6 is 0 Å². The topological polar surface area (TPSA) is 85.3 Å². The van der Waals surface area contributed by atoms with Gasteiger partial charge in [0.2, 0.25) is 0 Å². The molecule has 3 aromatic rings. The Bertz CT molecular complexity index is 1410. The van der Waals surface area contributed by atoms with Gasteiger partial charge in [0.15, 0.2) is 11.5 Å². The lowest BCUT2D eigenvalue weighted by molar-refractivity contribution is -0.132. The van der Waals surface area contributed by atoms with Crippen LogP contribution in [0.15, 0.2) is 66.2 Å². The minimum atomic E-state index is -0.839. The molecule has 0 bridgehead atoms. The van der Waals surface area contributed by atoms with Crippen LogP contribution < -0.4 is 19.1 Å². The molecule has 1 amide bonds. The van der Waals surface area contributed by atoms with Gasteiger partial charge in [-0.15, -0.1) is 0 Å². The van der Waals surface area contributed by atoms with Crippen molar-refractivity contribution >= 4 is 23.1 Å². The van der Waals surface area contributed by atoms with E-state index in [0.29, 0.717) is 53.9 Å². The van der Waals surface area contributed by atoms with Gasteiger partial charge in [0, 0.05) is 17.3 Å². The Balaban J connectivity index is 1.88. The molecule has 0 saturated carbocycles. The van der Waals surface area contributed by atoms with E-state index in [1.807, 2.05) is 58.9 Å². The van der Waals surface area contributed by atoms with E-state index >= 15 is 0 Å². The quantitative estimate of drug-likeness (QED) is 0.183. The molecule has 3 aromatic carbocycles. The first-order chi connectivity index (χ1) is 18.8. The van der Waals surface area contributed by atoms with Gasteiger partial charge in [-0.05, 0) is 75.6 Å². The zero-order valence-corrected chi connectivity index (χ0v) is 23.1. The number of ether oxygens (including phenoxy) is 3. The second kappa shape index (κ2) is 12.1. The van der Waals surface area contributed by atoms with Crippen LogP contribution in [0.1, 0.15) is 55.5 Å². The number of nitrogens with zero attached hydrogens (tertiary/aromatic N) is 1. The average Bonchev–Trinajstić information content (AvgIpc) is 3.19. The van der Waals surface area contributed by atoms with Crippen molar-refractivity contribution in [2.75, 3.05) is 24.7 Å². The number of Topliss-reactive ketones (excluding diaryl/α,β-unsaturated/α-hetero) is 1. The molecule has 0 radical (unpaired) electrons. The normalized spacial score (nSPS) is 16.4. The highest BCUT2D eigenvalue weighted by Gasteiger charge is 2.47. The summed E-state index contributed by atoms with van der Waals surface area (Å²) in [6.07, 6.45) is 0.873. The second-order valence-electron chi connectivity index (χ2n) is 9.41. The van der Waals surface area contributed by atoms with Gasteiger partial charge in [-0.1, -0.05) is 36.8 Å². The van der Waals surface area contributed by atoms with E-state index in [4.69, 9.17) is 14.2 Å². The van der Waals surface area contributed by atoms with E-state index in [-0.39, 0.29) is 11.3 Å². The lowest BCUT2D eigenvalue weighted by Crippen LogP contribution is -2.29. The Morgan fingerprint density at radius 3 is 2.23 bits per heavy atom. The highest BCUT2D eigenvalue weighted by atomic mass is 16.5. The first-order valence-corrected chi connectivity index (χ1v) is 13.3. The van der Waals surface area contributed by atoms with E-state index in [9.17, 15) is 14.7 Å². The van der Waals surface area contributed by atoms with Crippen LogP contribution in [0.4, 0.5) is 5.69 Å². The van der Waals surface area contributed by atoms with Crippen LogP contribution in [0.25, 0.3) is 5.76 Å². The number of rotatable bonds is 10. The van der Waals surface area contributed by atoms with Crippen molar-refractivity contribution in [2.24, 2.45) is 0 Å². The molecule has 1 saturated heterocycles. The molecule has 204 valence electrons. The van der Waals surface area contributed by atoms with Crippen molar-refractivity contribution in [3.63, 3.8) is 0 Å². The number of carbonyl (C=O) groups is 2. The molecular formula is C32H35NO6. The monoisotopic (exact) mass is 529 g/mol. The fraction of sp³-hybridized carbons (Fsp3) is 0.312. The number of aliphatic hydroxyl groups excluding tert-OH is 1. The molecule has 1 fully saturated rings. The molecule has 0 spiro atoms. The standard InChI is InChI=1S/C32H35NO6/c1-6-16-39-25-14-12-23(18-21(25)5)30(34)28-29(22-11-9-10-20(4)17-22)33(32(36)31(28)35)24-13-15-26(37-7-2)27(19-24)38-8-3/h9-15,17-19,29,34H,6-8,16H2,1-5H3/b30-28+. The largest absolute Gasteiger partial charge is 0.507 e. The van der Waals surface area contributed by atoms with Gasteiger partial charge < -0.3 is 19.3 Å². The Labute approximate surface area is 229 Å². The van der Waals surface area contributed by atoms with Crippen LogP contribution in [0.3, 0.4) is 0 Å². The summed E-state index contributed by atoms with van der Waals surface area (Å²) in [6.45, 7) is 11.0. The smallest absolute Gasteiger partial charge is 0.300 e. The first kappa shape index (κ1) is 27.8. The summed E-state index contributed by atoms with van der Waals surface area (Å²) in [5.74, 6) is 0.0159. The van der Waals surface area contributed by atoms with Crippen molar-refractivity contribution in [2.45, 2.75) is 47.1 Å². The number of anilines is 1. The summed E-state index contributed by atoms with van der Waals surface area (Å²) in [7, 11) is 0. The van der Waals surface area contributed by atoms with E-state index in [2.05, 4.69) is 0 Å². The molecule has 1 aliphatic rings. The van der Waals surface area contributed by atoms with Crippen molar-refractivity contribution in [3.8, 4) is 17.2 Å². The summed E-state index contributed by atoms with van der Waals surface area (Å²) in [4.78, 5) is 28.6. The summed E-state index contributed by atoms with van der Waals surface area (Å²) in [6, 6.07) is 17.2. The Morgan fingerprint density at radius 1 is 0.846 bits per heavy atom. The third kappa shape index (κ3) is 5.62. The van der Waals surface area contributed by atoms with Crippen LogP contribution in [-0.2, 0) is 9.59 Å². The lowest BCUT2D eigenvalue weighted by Gasteiger charge is -2.26. The maximum atomic E-state index is 13.6. The van der Waals surface area contributed by atoms with Crippen molar-refractivity contribution in [1.29, 1.82) is 0 Å². The van der Waals surface area contributed by atoms with Crippen LogP contribution in [0.2, 0.25) is 0 Å². The molecule has 39 heavy (non-hydrogen) atoms. The Hall–Kier alpha value is -4.26. The lowest BCUT2D eigenvalue weighted by atomic mass is 9.93. The van der Waals surface area contributed by atoms with Gasteiger partial charge >= 0.3 is 0 Å². The predicted octanol–water partition coefficient (Wildman–Crippen LogP) is 6.52. The summed E-state index contributed by atoms with van der Waals surface area (Å²) in [5, 5.41) is 11.5. The molecule has 7 nitrogen and oxygen atoms in total. The molecular weight excluding hydrogens is 494 g/mol. The van der Waals surface area contributed by atoms with Gasteiger partial charge in [0.1, 0.15) is 11.5 Å². The Morgan fingerprint density at radius 2 is 1.56 bits per heavy atom. The number of aliphatic hydroxyl groups is 1. The third-order valence-electron chi connectivity index (χ3n) is 6.52. The Kier molecular flexibility index (Phi) is 8.59. The molecule has 1 unspecified atom stereocenters. The zero-order chi connectivity index (χ0) is 28.1. The molecule has 1 atom stereocenters.